The highest BCUT2D eigenvalue weighted by molar-refractivity contribution is 4.92. The molecule has 1 unspecified atom stereocenters. The Hall–Kier alpha value is -0.0800. The van der Waals surface area contributed by atoms with Crippen LogP contribution in [0, 0.1) is 11.8 Å². The second-order valence-electron chi connectivity index (χ2n) is 6.50. The van der Waals surface area contributed by atoms with Gasteiger partial charge in [-0.05, 0) is 50.5 Å². The first-order chi connectivity index (χ1) is 8.22. The van der Waals surface area contributed by atoms with E-state index in [1.54, 1.807) is 0 Å². The lowest BCUT2D eigenvalue weighted by Crippen LogP contribution is -2.48. The maximum atomic E-state index is 6.05. The van der Waals surface area contributed by atoms with Crippen molar-refractivity contribution in [3.63, 3.8) is 0 Å². The van der Waals surface area contributed by atoms with Crippen LogP contribution in [0.2, 0.25) is 0 Å². The lowest BCUT2D eigenvalue weighted by atomic mass is 10.0. The highest BCUT2D eigenvalue weighted by Crippen LogP contribution is 2.38. The molecule has 2 heteroatoms. The van der Waals surface area contributed by atoms with Crippen LogP contribution in [0.3, 0.4) is 0 Å². The van der Waals surface area contributed by atoms with Gasteiger partial charge in [-0.15, -0.1) is 0 Å². The molecule has 0 radical (unpaired) electrons. The van der Waals surface area contributed by atoms with Crippen molar-refractivity contribution in [3.8, 4) is 0 Å². The first-order valence-corrected chi connectivity index (χ1v) is 7.68. The van der Waals surface area contributed by atoms with Crippen LogP contribution < -0.4 is 5.73 Å². The van der Waals surface area contributed by atoms with Gasteiger partial charge in [0.1, 0.15) is 0 Å². The minimum Gasteiger partial charge on any atom is -0.329 e. The quantitative estimate of drug-likeness (QED) is 0.739. The number of hydrogen-bond acceptors (Lipinski definition) is 2. The zero-order valence-electron chi connectivity index (χ0n) is 11.7. The summed E-state index contributed by atoms with van der Waals surface area (Å²) in [5.41, 5.74) is 6.05. The van der Waals surface area contributed by atoms with E-state index in [1.807, 2.05) is 0 Å². The molecule has 100 valence electrons. The van der Waals surface area contributed by atoms with E-state index in [2.05, 4.69) is 18.7 Å². The molecule has 2 aliphatic carbocycles. The summed E-state index contributed by atoms with van der Waals surface area (Å²) in [5.74, 6) is 1.74. The van der Waals surface area contributed by atoms with Gasteiger partial charge in [0.25, 0.3) is 0 Å². The van der Waals surface area contributed by atoms with E-state index in [4.69, 9.17) is 5.73 Å². The van der Waals surface area contributed by atoms with Crippen molar-refractivity contribution >= 4 is 0 Å². The van der Waals surface area contributed by atoms with Crippen molar-refractivity contribution < 1.29 is 0 Å². The third-order valence-electron chi connectivity index (χ3n) is 4.59. The average Bonchev–Trinajstić information content (AvgIpc) is 2.99. The van der Waals surface area contributed by atoms with Crippen molar-refractivity contribution in [1.29, 1.82) is 0 Å². The van der Waals surface area contributed by atoms with Gasteiger partial charge in [-0.1, -0.05) is 26.7 Å². The van der Waals surface area contributed by atoms with E-state index in [9.17, 15) is 0 Å². The van der Waals surface area contributed by atoms with Gasteiger partial charge in [-0.3, -0.25) is 4.90 Å². The van der Waals surface area contributed by atoms with Crippen LogP contribution in [-0.2, 0) is 0 Å². The van der Waals surface area contributed by atoms with Crippen LogP contribution in [0.25, 0.3) is 0 Å². The zero-order chi connectivity index (χ0) is 12.3. The van der Waals surface area contributed by atoms with Crippen LogP contribution in [0.5, 0.6) is 0 Å². The van der Waals surface area contributed by atoms with E-state index >= 15 is 0 Å². The molecule has 1 atom stereocenters. The highest BCUT2D eigenvalue weighted by atomic mass is 15.2. The second-order valence-corrected chi connectivity index (χ2v) is 6.50. The molecule has 0 heterocycles. The monoisotopic (exact) mass is 238 g/mol. The first kappa shape index (κ1) is 13.4. The van der Waals surface area contributed by atoms with Crippen LogP contribution in [0.1, 0.15) is 58.8 Å². The molecule has 0 aromatic carbocycles. The van der Waals surface area contributed by atoms with Gasteiger partial charge in [0.2, 0.25) is 0 Å². The predicted molar refractivity (Wildman–Crippen MR) is 74.0 cm³/mol. The Morgan fingerprint density at radius 2 is 1.76 bits per heavy atom. The van der Waals surface area contributed by atoms with Gasteiger partial charge in [0, 0.05) is 18.6 Å². The molecule has 2 rings (SSSR count). The molecule has 0 saturated heterocycles. The molecule has 2 N–H and O–H groups in total. The molecule has 2 aliphatic rings. The minimum atomic E-state index is 0.692. The van der Waals surface area contributed by atoms with E-state index in [0.29, 0.717) is 6.04 Å². The van der Waals surface area contributed by atoms with E-state index < -0.39 is 0 Å². The fourth-order valence-electron chi connectivity index (χ4n) is 3.34. The normalized spacial score (nSPS) is 23.8. The third-order valence-corrected chi connectivity index (χ3v) is 4.59. The SMILES string of the molecule is CC(C)CCN(C1CCCC1)C(CN)C1CC1. The highest BCUT2D eigenvalue weighted by Gasteiger charge is 2.37. The largest absolute Gasteiger partial charge is 0.329 e. The molecule has 0 aliphatic heterocycles. The molecule has 0 aromatic rings. The van der Waals surface area contributed by atoms with Gasteiger partial charge >= 0.3 is 0 Å². The minimum absolute atomic E-state index is 0.692. The summed E-state index contributed by atoms with van der Waals surface area (Å²) in [6.07, 6.45) is 9.89. The summed E-state index contributed by atoms with van der Waals surface area (Å²) in [6, 6.07) is 1.54. The molecule has 2 saturated carbocycles. The lowest BCUT2D eigenvalue weighted by molar-refractivity contribution is 0.117. The Balaban J connectivity index is 1.93. The van der Waals surface area contributed by atoms with Crippen LogP contribution in [0.15, 0.2) is 0 Å². The summed E-state index contributed by atoms with van der Waals surface area (Å²) >= 11 is 0. The molecule has 17 heavy (non-hydrogen) atoms. The maximum absolute atomic E-state index is 6.05. The second kappa shape index (κ2) is 6.19. The van der Waals surface area contributed by atoms with Crippen LogP contribution in [0.4, 0.5) is 0 Å². The maximum Gasteiger partial charge on any atom is 0.0249 e. The summed E-state index contributed by atoms with van der Waals surface area (Å²) in [4.78, 5) is 2.80. The lowest BCUT2D eigenvalue weighted by Gasteiger charge is -2.36. The Kier molecular flexibility index (Phi) is 4.87. The average molecular weight is 238 g/mol. The summed E-state index contributed by atoms with van der Waals surface area (Å²) in [6.45, 7) is 6.82. The van der Waals surface area contributed by atoms with Gasteiger partial charge in [0.05, 0.1) is 0 Å². The van der Waals surface area contributed by atoms with Crippen molar-refractivity contribution in [1.82, 2.24) is 4.90 Å². The van der Waals surface area contributed by atoms with Crippen LogP contribution >= 0.6 is 0 Å². The van der Waals surface area contributed by atoms with E-state index in [1.165, 1.54) is 51.5 Å². The molecule has 2 fully saturated rings. The fraction of sp³-hybridized carbons (Fsp3) is 1.00. The molecule has 2 nitrogen and oxygen atoms in total. The molecule has 0 bridgehead atoms. The zero-order valence-corrected chi connectivity index (χ0v) is 11.7. The van der Waals surface area contributed by atoms with Crippen molar-refractivity contribution in [2.75, 3.05) is 13.1 Å². The molecule has 0 spiro atoms. The summed E-state index contributed by atoms with van der Waals surface area (Å²) in [5, 5.41) is 0. The van der Waals surface area contributed by atoms with E-state index in [0.717, 1.165) is 24.4 Å². The number of hydrogen-bond donors (Lipinski definition) is 1. The predicted octanol–water partition coefficient (Wildman–Crippen LogP) is 3.01. The number of nitrogens with zero attached hydrogens (tertiary/aromatic N) is 1. The Morgan fingerprint density at radius 1 is 1.12 bits per heavy atom. The van der Waals surface area contributed by atoms with Crippen molar-refractivity contribution in [2.45, 2.75) is 70.9 Å². The molecule has 0 amide bonds. The van der Waals surface area contributed by atoms with Gasteiger partial charge in [0.15, 0.2) is 0 Å². The summed E-state index contributed by atoms with van der Waals surface area (Å²) < 4.78 is 0. The van der Waals surface area contributed by atoms with Crippen LogP contribution in [-0.4, -0.2) is 30.1 Å². The molecular weight excluding hydrogens is 208 g/mol. The topological polar surface area (TPSA) is 29.3 Å². The Bertz CT molecular complexity index is 217. The van der Waals surface area contributed by atoms with E-state index in [-0.39, 0.29) is 0 Å². The van der Waals surface area contributed by atoms with Gasteiger partial charge in [-0.2, -0.15) is 0 Å². The standard InChI is InChI=1S/C15H30N2/c1-12(2)9-10-17(14-5-3-4-6-14)15(11-16)13-7-8-13/h12-15H,3-11,16H2,1-2H3. The Labute approximate surface area is 107 Å². The molecular formula is C15H30N2. The smallest absolute Gasteiger partial charge is 0.0249 e. The number of nitrogens with two attached hydrogens (primary N) is 1. The summed E-state index contributed by atoms with van der Waals surface area (Å²) in [7, 11) is 0. The van der Waals surface area contributed by atoms with Gasteiger partial charge < -0.3 is 5.73 Å². The first-order valence-electron chi connectivity index (χ1n) is 7.68. The Morgan fingerprint density at radius 3 is 2.24 bits per heavy atom. The van der Waals surface area contributed by atoms with Crippen molar-refractivity contribution in [2.24, 2.45) is 17.6 Å². The number of rotatable bonds is 7. The van der Waals surface area contributed by atoms with Crippen molar-refractivity contribution in [3.05, 3.63) is 0 Å². The fourth-order valence-corrected chi connectivity index (χ4v) is 3.34. The third kappa shape index (κ3) is 3.69. The molecule has 0 aromatic heterocycles. The van der Waals surface area contributed by atoms with Gasteiger partial charge in [-0.25, -0.2) is 0 Å².